The summed E-state index contributed by atoms with van der Waals surface area (Å²) < 4.78 is 15.8. The molecule has 1 aromatic carbocycles. The molecule has 5 aromatic rings. The third-order valence-electron chi connectivity index (χ3n) is 5.20. The number of pyridine rings is 1. The highest BCUT2D eigenvalue weighted by atomic mass is 32.2. The van der Waals surface area contributed by atoms with Crippen molar-refractivity contribution in [3.8, 4) is 17.7 Å². The van der Waals surface area contributed by atoms with Gasteiger partial charge in [-0.05, 0) is 62.4 Å². The molecule has 0 saturated heterocycles. The van der Waals surface area contributed by atoms with Crippen LogP contribution in [0.5, 0.6) is 0 Å². The largest absolute Gasteiger partial charge is 0.339 e. The van der Waals surface area contributed by atoms with Crippen molar-refractivity contribution in [1.29, 1.82) is 5.26 Å². The first-order valence-electron chi connectivity index (χ1n) is 10.3. The van der Waals surface area contributed by atoms with E-state index >= 15 is 0 Å². The Hall–Kier alpha value is -4.43. The Morgan fingerprint density at radius 1 is 1.06 bits per heavy atom. The minimum Gasteiger partial charge on any atom is -0.339 e. The SMILES string of the molecule is Cc1ccc(Nc2ccc3ncn(-c4ccc(S(C)=O)c(-n5nc(C#N)cc5C)n4)c3c2)nn1. The van der Waals surface area contributed by atoms with Crippen molar-refractivity contribution >= 4 is 33.3 Å². The maximum absolute atomic E-state index is 12.4. The van der Waals surface area contributed by atoms with Crippen LogP contribution >= 0.6 is 0 Å². The first-order valence-corrected chi connectivity index (χ1v) is 11.8. The van der Waals surface area contributed by atoms with Crippen LogP contribution in [-0.4, -0.2) is 45.0 Å². The fourth-order valence-corrected chi connectivity index (χ4v) is 4.21. The van der Waals surface area contributed by atoms with Gasteiger partial charge in [-0.1, -0.05) is 0 Å². The van der Waals surface area contributed by atoms with E-state index in [9.17, 15) is 9.47 Å². The van der Waals surface area contributed by atoms with Crippen molar-refractivity contribution in [1.82, 2.24) is 34.5 Å². The topological polar surface area (TPSA) is 127 Å². The van der Waals surface area contributed by atoms with Gasteiger partial charge in [0.1, 0.15) is 18.2 Å². The van der Waals surface area contributed by atoms with Gasteiger partial charge in [-0.15, -0.1) is 5.10 Å². The van der Waals surface area contributed by atoms with Crippen LogP contribution in [0.1, 0.15) is 17.1 Å². The number of nitrogens with zero attached hydrogens (tertiary/aromatic N) is 8. The molecule has 1 unspecified atom stereocenters. The third kappa shape index (κ3) is 3.91. The Labute approximate surface area is 197 Å². The van der Waals surface area contributed by atoms with Crippen LogP contribution in [0.2, 0.25) is 0 Å². The number of aromatic nitrogens is 7. The van der Waals surface area contributed by atoms with Crippen molar-refractivity contribution in [2.75, 3.05) is 11.6 Å². The Morgan fingerprint density at radius 3 is 2.62 bits per heavy atom. The molecule has 4 aromatic heterocycles. The predicted octanol–water partition coefficient (Wildman–Crippen LogP) is 3.37. The summed E-state index contributed by atoms with van der Waals surface area (Å²) in [5.74, 6) is 1.62. The van der Waals surface area contributed by atoms with E-state index in [4.69, 9.17) is 4.98 Å². The van der Waals surface area contributed by atoms with Gasteiger partial charge < -0.3 is 5.32 Å². The summed E-state index contributed by atoms with van der Waals surface area (Å²) in [5, 5.41) is 25.0. The summed E-state index contributed by atoms with van der Waals surface area (Å²) in [6.07, 6.45) is 3.27. The van der Waals surface area contributed by atoms with Gasteiger partial charge in [-0.25, -0.2) is 14.6 Å². The molecule has 1 atom stereocenters. The maximum Gasteiger partial charge on any atom is 0.172 e. The number of fused-ring (bicyclic) bond motifs is 1. The number of anilines is 2. The number of imidazole rings is 1. The minimum atomic E-state index is -1.31. The van der Waals surface area contributed by atoms with Gasteiger partial charge in [0.15, 0.2) is 17.3 Å². The van der Waals surface area contributed by atoms with Gasteiger partial charge >= 0.3 is 0 Å². The molecule has 1 N–H and O–H groups in total. The summed E-state index contributed by atoms with van der Waals surface area (Å²) >= 11 is 0. The van der Waals surface area contributed by atoms with Crippen molar-refractivity contribution in [3.63, 3.8) is 0 Å². The average molecular weight is 470 g/mol. The van der Waals surface area contributed by atoms with Gasteiger partial charge in [0.05, 0.1) is 32.4 Å². The zero-order valence-corrected chi connectivity index (χ0v) is 19.4. The normalized spacial score (nSPS) is 11.9. The molecule has 0 fully saturated rings. The summed E-state index contributed by atoms with van der Waals surface area (Å²) in [4.78, 5) is 9.78. The molecule has 0 spiro atoms. The molecule has 0 saturated carbocycles. The molecule has 0 radical (unpaired) electrons. The van der Waals surface area contributed by atoms with E-state index in [0.29, 0.717) is 28.0 Å². The van der Waals surface area contributed by atoms with Crippen LogP contribution in [0.4, 0.5) is 11.5 Å². The highest BCUT2D eigenvalue weighted by Crippen LogP contribution is 2.25. The quantitative estimate of drug-likeness (QED) is 0.415. The van der Waals surface area contributed by atoms with E-state index < -0.39 is 10.8 Å². The Morgan fingerprint density at radius 2 is 1.91 bits per heavy atom. The number of aryl methyl sites for hydroxylation is 2. The predicted molar refractivity (Wildman–Crippen MR) is 128 cm³/mol. The number of hydrogen-bond donors (Lipinski definition) is 1. The van der Waals surface area contributed by atoms with E-state index in [0.717, 1.165) is 22.4 Å². The number of hydrogen-bond acceptors (Lipinski definition) is 8. The molecule has 34 heavy (non-hydrogen) atoms. The third-order valence-corrected chi connectivity index (χ3v) is 6.14. The average Bonchev–Trinajstić information content (AvgIpc) is 3.43. The van der Waals surface area contributed by atoms with Crippen LogP contribution in [0.25, 0.3) is 22.7 Å². The molecule has 0 bridgehead atoms. The summed E-state index contributed by atoms with van der Waals surface area (Å²) in [6, 6.07) is 16.8. The minimum absolute atomic E-state index is 0.264. The second kappa shape index (κ2) is 8.49. The lowest BCUT2D eigenvalue weighted by molar-refractivity contribution is 0.684. The molecule has 5 rings (SSSR count). The molecular formula is C23H19N9OS. The zero-order chi connectivity index (χ0) is 23.8. The van der Waals surface area contributed by atoms with E-state index in [1.807, 2.05) is 54.8 Å². The van der Waals surface area contributed by atoms with Crippen LogP contribution < -0.4 is 5.32 Å². The van der Waals surface area contributed by atoms with Gasteiger partial charge in [0.25, 0.3) is 0 Å². The Balaban J connectivity index is 1.60. The van der Waals surface area contributed by atoms with E-state index in [1.165, 1.54) is 0 Å². The first-order chi connectivity index (χ1) is 16.4. The highest BCUT2D eigenvalue weighted by Gasteiger charge is 2.17. The second-order valence-corrected chi connectivity index (χ2v) is 8.99. The van der Waals surface area contributed by atoms with Crippen molar-refractivity contribution in [2.45, 2.75) is 18.7 Å². The lowest BCUT2D eigenvalue weighted by atomic mass is 10.2. The van der Waals surface area contributed by atoms with Crippen LogP contribution in [-0.2, 0) is 10.8 Å². The smallest absolute Gasteiger partial charge is 0.172 e. The highest BCUT2D eigenvalue weighted by molar-refractivity contribution is 7.84. The molecule has 4 heterocycles. The van der Waals surface area contributed by atoms with Gasteiger partial charge in [-0.3, -0.25) is 8.78 Å². The van der Waals surface area contributed by atoms with Gasteiger partial charge in [0.2, 0.25) is 0 Å². The van der Waals surface area contributed by atoms with E-state index in [1.54, 1.807) is 35.5 Å². The standard InChI is InChI=1S/C23H19N9OS/c1-14-4-8-21(29-28-14)26-16-5-6-18-19(11-16)31(13-25-18)22-9-7-20(34(3)33)23(27-22)32-15(2)10-17(12-24)30-32/h4-11,13H,1-3H3,(H,26,29). The summed E-state index contributed by atoms with van der Waals surface area (Å²) in [7, 11) is -1.31. The number of nitriles is 1. The van der Waals surface area contributed by atoms with Crippen LogP contribution in [0.15, 0.2) is 59.8 Å². The Bertz CT molecular complexity index is 1600. The fraction of sp³-hybridized carbons (Fsp3) is 0.130. The number of nitrogens with one attached hydrogen (secondary N) is 1. The van der Waals surface area contributed by atoms with Crippen LogP contribution in [0.3, 0.4) is 0 Å². The van der Waals surface area contributed by atoms with Gasteiger partial charge in [0, 0.05) is 17.6 Å². The molecule has 0 aliphatic rings. The Kier molecular flexibility index (Phi) is 5.35. The molecule has 11 heteroatoms. The zero-order valence-electron chi connectivity index (χ0n) is 18.6. The molecular weight excluding hydrogens is 450 g/mol. The van der Waals surface area contributed by atoms with Gasteiger partial charge in [-0.2, -0.15) is 15.5 Å². The fourth-order valence-electron chi connectivity index (χ4n) is 3.56. The maximum atomic E-state index is 12.4. The van der Waals surface area contributed by atoms with E-state index in [-0.39, 0.29) is 5.69 Å². The monoisotopic (exact) mass is 469 g/mol. The van der Waals surface area contributed by atoms with Crippen molar-refractivity contribution in [3.05, 3.63) is 71.9 Å². The summed E-state index contributed by atoms with van der Waals surface area (Å²) in [6.45, 7) is 3.71. The molecule has 0 aliphatic carbocycles. The number of benzene rings is 1. The lowest BCUT2D eigenvalue weighted by Gasteiger charge is -2.12. The molecule has 10 nitrogen and oxygen atoms in total. The van der Waals surface area contributed by atoms with Crippen molar-refractivity contribution in [2.24, 2.45) is 0 Å². The molecule has 0 amide bonds. The first kappa shape index (κ1) is 21.4. The molecule has 0 aliphatic heterocycles. The molecule has 168 valence electrons. The second-order valence-electron chi connectivity index (χ2n) is 7.64. The number of rotatable bonds is 5. The lowest BCUT2D eigenvalue weighted by Crippen LogP contribution is -2.10. The van der Waals surface area contributed by atoms with E-state index in [2.05, 4.69) is 25.6 Å². The van der Waals surface area contributed by atoms with Crippen molar-refractivity contribution < 1.29 is 4.21 Å². The summed E-state index contributed by atoms with van der Waals surface area (Å²) in [5.41, 5.74) is 4.25. The van der Waals surface area contributed by atoms with Crippen LogP contribution in [0, 0.1) is 25.2 Å².